The maximum absolute atomic E-state index is 12.1. The molecule has 0 saturated heterocycles. The predicted octanol–water partition coefficient (Wildman–Crippen LogP) is 3.16. The van der Waals surface area contributed by atoms with E-state index in [4.69, 9.17) is 9.47 Å². The molecule has 0 bridgehead atoms. The number of imide groups is 1. The molecule has 2 amide bonds. The van der Waals surface area contributed by atoms with Gasteiger partial charge in [-0.3, -0.25) is 4.79 Å². The van der Waals surface area contributed by atoms with Gasteiger partial charge in [0, 0.05) is 0 Å². The summed E-state index contributed by atoms with van der Waals surface area (Å²) in [5, 5.41) is 0. The summed E-state index contributed by atoms with van der Waals surface area (Å²) in [6.07, 6.45) is -0.426. The van der Waals surface area contributed by atoms with E-state index in [2.05, 4.69) is 0 Å². The average Bonchev–Trinajstić information content (AvgIpc) is 2.62. The first-order valence-corrected chi connectivity index (χ1v) is 7.38. The molecule has 0 spiro atoms. The quantitative estimate of drug-likeness (QED) is 0.602. The molecule has 6 nitrogen and oxygen atoms in total. The molecule has 0 aliphatic rings. The predicted molar refractivity (Wildman–Crippen MR) is 87.6 cm³/mol. The molecular weight excluding hydrogens is 310 g/mol. The van der Waals surface area contributed by atoms with Crippen molar-refractivity contribution in [2.24, 2.45) is 0 Å². The lowest BCUT2D eigenvalue weighted by Gasteiger charge is -2.15. The number of carbonyl (C=O) groups is 3. The van der Waals surface area contributed by atoms with E-state index in [0.717, 1.165) is 10.5 Å². The third-order valence-electron chi connectivity index (χ3n) is 3.16. The van der Waals surface area contributed by atoms with E-state index in [9.17, 15) is 14.4 Å². The molecule has 0 unspecified atom stereocenters. The van der Waals surface area contributed by atoms with Crippen LogP contribution in [0.15, 0.2) is 54.6 Å². The number of nitrogens with zero attached hydrogens (tertiary/aromatic N) is 1. The van der Waals surface area contributed by atoms with Crippen LogP contribution in [0.5, 0.6) is 0 Å². The van der Waals surface area contributed by atoms with Gasteiger partial charge < -0.3 is 9.47 Å². The maximum Gasteiger partial charge on any atom is 0.421 e. The highest BCUT2D eigenvalue weighted by atomic mass is 16.6. The summed E-state index contributed by atoms with van der Waals surface area (Å²) in [6.45, 7) is 2.04. The van der Waals surface area contributed by atoms with Crippen LogP contribution >= 0.6 is 0 Å². The third kappa shape index (κ3) is 4.42. The van der Waals surface area contributed by atoms with Gasteiger partial charge in [0.1, 0.15) is 6.61 Å². The Morgan fingerprint density at radius 3 is 2.25 bits per heavy atom. The van der Waals surface area contributed by atoms with Crippen LogP contribution in [0.3, 0.4) is 0 Å². The molecule has 0 N–H and O–H groups in total. The van der Waals surface area contributed by atoms with Gasteiger partial charge in [0.15, 0.2) is 0 Å². The Bertz CT molecular complexity index is 697. The maximum atomic E-state index is 12.1. The molecule has 0 radical (unpaired) electrons. The monoisotopic (exact) mass is 327 g/mol. The Kier molecular flexibility index (Phi) is 6.08. The van der Waals surface area contributed by atoms with Crippen LogP contribution < -0.4 is 4.90 Å². The molecule has 0 aliphatic heterocycles. The van der Waals surface area contributed by atoms with Gasteiger partial charge >= 0.3 is 12.1 Å². The number of anilines is 1. The highest BCUT2D eigenvalue weighted by molar-refractivity contribution is 6.03. The standard InChI is InChI=1S/C18H17NO5/c1-2-23-17(21)15-8-10-16(11-9-15)19(13-20)18(22)24-12-14-6-4-3-5-7-14/h3-11,13H,2,12H2,1H3. The molecule has 0 saturated carbocycles. The van der Waals surface area contributed by atoms with Crippen molar-refractivity contribution < 1.29 is 23.9 Å². The van der Waals surface area contributed by atoms with Gasteiger partial charge in [-0.2, -0.15) is 0 Å². The molecule has 0 heterocycles. The van der Waals surface area contributed by atoms with Gasteiger partial charge in [0.2, 0.25) is 6.41 Å². The number of rotatable bonds is 6. The minimum absolute atomic E-state index is 0.0604. The molecular formula is C18H17NO5. The first-order valence-electron chi connectivity index (χ1n) is 7.38. The van der Waals surface area contributed by atoms with E-state index in [1.165, 1.54) is 24.3 Å². The van der Waals surface area contributed by atoms with E-state index in [-0.39, 0.29) is 13.2 Å². The Labute approximate surface area is 139 Å². The van der Waals surface area contributed by atoms with Crippen molar-refractivity contribution in [3.63, 3.8) is 0 Å². The van der Waals surface area contributed by atoms with E-state index < -0.39 is 12.1 Å². The second-order valence-corrected chi connectivity index (χ2v) is 4.78. The smallest absolute Gasteiger partial charge is 0.421 e. The fraction of sp³-hybridized carbons (Fsp3) is 0.167. The van der Waals surface area contributed by atoms with Crippen LogP contribution in [0, 0.1) is 0 Å². The fourth-order valence-corrected chi connectivity index (χ4v) is 1.97. The zero-order valence-corrected chi connectivity index (χ0v) is 13.2. The summed E-state index contributed by atoms with van der Waals surface area (Å²) in [7, 11) is 0. The second-order valence-electron chi connectivity index (χ2n) is 4.78. The van der Waals surface area contributed by atoms with E-state index in [0.29, 0.717) is 17.7 Å². The minimum Gasteiger partial charge on any atom is -0.462 e. The molecule has 0 fully saturated rings. The number of ether oxygens (including phenoxy) is 2. The van der Waals surface area contributed by atoms with Crippen molar-refractivity contribution in [3.8, 4) is 0 Å². The van der Waals surface area contributed by atoms with Crippen LogP contribution in [-0.4, -0.2) is 25.1 Å². The van der Waals surface area contributed by atoms with Crippen LogP contribution in [-0.2, 0) is 20.9 Å². The van der Waals surface area contributed by atoms with Gasteiger partial charge in [-0.05, 0) is 36.8 Å². The number of esters is 1. The van der Waals surface area contributed by atoms with E-state index >= 15 is 0 Å². The first kappa shape index (κ1) is 17.2. The largest absolute Gasteiger partial charge is 0.462 e. The van der Waals surface area contributed by atoms with Gasteiger partial charge in [-0.1, -0.05) is 30.3 Å². The van der Waals surface area contributed by atoms with Crippen molar-refractivity contribution in [2.45, 2.75) is 13.5 Å². The molecule has 0 aromatic heterocycles. The number of benzene rings is 2. The molecule has 0 aliphatic carbocycles. The summed E-state index contributed by atoms with van der Waals surface area (Å²) in [5.41, 5.74) is 1.45. The molecule has 2 aromatic rings. The van der Waals surface area contributed by atoms with Crippen molar-refractivity contribution in [1.82, 2.24) is 0 Å². The lowest BCUT2D eigenvalue weighted by Crippen LogP contribution is -2.30. The van der Waals surface area contributed by atoms with Gasteiger partial charge in [0.25, 0.3) is 0 Å². The SMILES string of the molecule is CCOC(=O)c1ccc(N(C=O)C(=O)OCc2ccccc2)cc1. The summed E-state index contributed by atoms with van der Waals surface area (Å²) >= 11 is 0. The Morgan fingerprint density at radius 2 is 1.67 bits per heavy atom. The average molecular weight is 327 g/mol. The summed E-state index contributed by atoms with van der Waals surface area (Å²) in [4.78, 5) is 35.7. The highest BCUT2D eigenvalue weighted by Gasteiger charge is 2.17. The molecule has 6 heteroatoms. The molecule has 124 valence electrons. The minimum atomic E-state index is -0.794. The van der Waals surface area contributed by atoms with E-state index in [1.54, 1.807) is 6.92 Å². The number of hydrogen-bond donors (Lipinski definition) is 0. The van der Waals surface area contributed by atoms with E-state index in [1.807, 2.05) is 30.3 Å². The van der Waals surface area contributed by atoms with Gasteiger partial charge in [-0.25, -0.2) is 14.5 Å². The van der Waals surface area contributed by atoms with Gasteiger partial charge in [-0.15, -0.1) is 0 Å². The topological polar surface area (TPSA) is 72.9 Å². The lowest BCUT2D eigenvalue weighted by atomic mass is 10.2. The van der Waals surface area contributed by atoms with Crippen molar-refractivity contribution in [1.29, 1.82) is 0 Å². The number of hydrogen-bond acceptors (Lipinski definition) is 5. The third-order valence-corrected chi connectivity index (χ3v) is 3.16. The summed E-state index contributed by atoms with van der Waals surface area (Å²) < 4.78 is 9.99. The second kappa shape index (κ2) is 8.47. The fourth-order valence-electron chi connectivity index (χ4n) is 1.97. The van der Waals surface area contributed by atoms with Crippen LogP contribution in [0.1, 0.15) is 22.8 Å². The van der Waals surface area contributed by atoms with Crippen molar-refractivity contribution in [2.75, 3.05) is 11.5 Å². The Hall–Kier alpha value is -3.15. The Balaban J connectivity index is 2.03. The molecule has 2 rings (SSSR count). The molecule has 0 atom stereocenters. The van der Waals surface area contributed by atoms with Crippen LogP contribution in [0.25, 0.3) is 0 Å². The number of carbonyl (C=O) groups excluding carboxylic acids is 3. The summed E-state index contributed by atoms with van der Waals surface area (Å²) in [6, 6.07) is 15.1. The van der Waals surface area contributed by atoms with Crippen molar-refractivity contribution in [3.05, 3.63) is 65.7 Å². The molecule has 2 aromatic carbocycles. The zero-order valence-electron chi connectivity index (χ0n) is 13.2. The first-order chi connectivity index (χ1) is 11.7. The van der Waals surface area contributed by atoms with Gasteiger partial charge in [0.05, 0.1) is 17.9 Å². The Morgan fingerprint density at radius 1 is 1.00 bits per heavy atom. The lowest BCUT2D eigenvalue weighted by molar-refractivity contribution is -0.107. The number of amides is 2. The van der Waals surface area contributed by atoms with Crippen LogP contribution in [0.2, 0.25) is 0 Å². The van der Waals surface area contributed by atoms with Crippen LogP contribution in [0.4, 0.5) is 10.5 Å². The van der Waals surface area contributed by atoms with Crippen molar-refractivity contribution >= 4 is 24.2 Å². The molecule has 24 heavy (non-hydrogen) atoms. The summed E-state index contributed by atoms with van der Waals surface area (Å²) in [5.74, 6) is -0.464. The highest BCUT2D eigenvalue weighted by Crippen LogP contribution is 2.16. The normalized spacial score (nSPS) is 9.88. The zero-order chi connectivity index (χ0) is 17.4.